The van der Waals surface area contributed by atoms with Crippen LogP contribution in [-0.4, -0.2) is 18.3 Å². The number of carbonyl (C=O) groups excluding carboxylic acids is 2. The average molecular weight is 256 g/mol. The highest BCUT2D eigenvalue weighted by Crippen LogP contribution is 2.25. The van der Waals surface area contributed by atoms with Gasteiger partial charge in [-0.2, -0.15) is 0 Å². The fourth-order valence-corrected chi connectivity index (χ4v) is 1.49. The van der Waals surface area contributed by atoms with Crippen LogP contribution in [0.2, 0.25) is 0 Å². The van der Waals surface area contributed by atoms with Crippen LogP contribution in [0, 0.1) is 5.82 Å². The third kappa shape index (κ3) is 3.62. The first-order valence-corrected chi connectivity index (χ1v) is 5.08. The Kier molecular flexibility index (Phi) is 4.47. The van der Waals surface area contributed by atoms with Crippen LogP contribution in [0.1, 0.15) is 18.6 Å². The first-order valence-electron chi connectivity index (χ1n) is 5.08. The van der Waals surface area contributed by atoms with Crippen molar-refractivity contribution in [3.63, 3.8) is 0 Å². The van der Waals surface area contributed by atoms with Gasteiger partial charge in [-0.25, -0.2) is 14.0 Å². The summed E-state index contributed by atoms with van der Waals surface area (Å²) in [7, 11) is 0. The summed E-state index contributed by atoms with van der Waals surface area (Å²) in [6.45, 7) is 1.41. The van der Waals surface area contributed by atoms with Crippen LogP contribution < -0.4 is 11.5 Å². The number of benzene rings is 1. The Labute approximate surface area is 103 Å². The second-order valence-electron chi connectivity index (χ2n) is 3.52. The minimum atomic E-state index is -1.16. The van der Waals surface area contributed by atoms with E-state index in [0.717, 1.165) is 0 Å². The lowest BCUT2D eigenvalue weighted by atomic mass is 10.0. The number of rotatable bonds is 4. The summed E-state index contributed by atoms with van der Waals surface area (Å²) < 4.78 is 23.0. The molecule has 0 fully saturated rings. The van der Waals surface area contributed by atoms with E-state index in [9.17, 15) is 14.0 Å². The van der Waals surface area contributed by atoms with E-state index in [4.69, 9.17) is 16.2 Å². The molecule has 18 heavy (non-hydrogen) atoms. The Hall–Kier alpha value is -2.31. The largest absolute Gasteiger partial charge is 0.442 e. The molecule has 1 aromatic carbocycles. The van der Waals surface area contributed by atoms with E-state index in [-0.39, 0.29) is 5.56 Å². The molecule has 1 rings (SSSR count). The van der Waals surface area contributed by atoms with Crippen molar-refractivity contribution in [1.29, 1.82) is 0 Å². The SMILES string of the molecule is CC(OC(N)=O)C(OC(N)=O)c1ccccc1F. The van der Waals surface area contributed by atoms with E-state index in [1.807, 2.05) is 0 Å². The first kappa shape index (κ1) is 13.8. The van der Waals surface area contributed by atoms with Crippen molar-refractivity contribution in [2.75, 3.05) is 0 Å². The molecule has 0 heterocycles. The molecule has 2 unspecified atom stereocenters. The minimum Gasteiger partial charge on any atom is -0.442 e. The van der Waals surface area contributed by atoms with Gasteiger partial charge in [0.25, 0.3) is 0 Å². The lowest BCUT2D eigenvalue weighted by Crippen LogP contribution is -2.31. The van der Waals surface area contributed by atoms with E-state index in [1.165, 1.54) is 25.1 Å². The molecule has 0 aliphatic rings. The molecule has 0 spiro atoms. The van der Waals surface area contributed by atoms with Gasteiger partial charge in [0.15, 0.2) is 6.10 Å². The summed E-state index contributed by atoms with van der Waals surface area (Å²) in [6.07, 6.45) is -4.29. The van der Waals surface area contributed by atoms with Gasteiger partial charge in [-0.15, -0.1) is 0 Å². The molecule has 0 aliphatic carbocycles. The smallest absolute Gasteiger partial charge is 0.405 e. The number of hydrogen-bond donors (Lipinski definition) is 2. The Balaban J connectivity index is 3.01. The molecule has 98 valence electrons. The molecule has 0 aliphatic heterocycles. The van der Waals surface area contributed by atoms with Crippen molar-refractivity contribution in [2.45, 2.75) is 19.1 Å². The van der Waals surface area contributed by atoms with Gasteiger partial charge in [0, 0.05) is 5.56 Å². The van der Waals surface area contributed by atoms with Gasteiger partial charge in [0.1, 0.15) is 11.9 Å². The van der Waals surface area contributed by atoms with Gasteiger partial charge >= 0.3 is 12.2 Å². The Morgan fingerprint density at radius 3 is 2.22 bits per heavy atom. The van der Waals surface area contributed by atoms with Gasteiger partial charge in [-0.05, 0) is 13.0 Å². The molecule has 2 atom stereocenters. The highest BCUT2D eigenvalue weighted by molar-refractivity contribution is 5.66. The van der Waals surface area contributed by atoms with Crippen LogP contribution in [0.5, 0.6) is 0 Å². The van der Waals surface area contributed by atoms with Crippen LogP contribution >= 0.6 is 0 Å². The zero-order chi connectivity index (χ0) is 13.7. The summed E-state index contributed by atoms with van der Waals surface area (Å²) in [5, 5.41) is 0. The predicted octanol–water partition coefficient (Wildman–Crippen LogP) is 1.45. The van der Waals surface area contributed by atoms with Crippen molar-refractivity contribution in [3.8, 4) is 0 Å². The van der Waals surface area contributed by atoms with Gasteiger partial charge < -0.3 is 20.9 Å². The van der Waals surface area contributed by atoms with Crippen molar-refractivity contribution >= 4 is 12.2 Å². The number of hydrogen-bond acceptors (Lipinski definition) is 4. The second-order valence-corrected chi connectivity index (χ2v) is 3.52. The van der Waals surface area contributed by atoms with E-state index in [0.29, 0.717) is 0 Å². The molecule has 2 amide bonds. The van der Waals surface area contributed by atoms with E-state index in [2.05, 4.69) is 4.74 Å². The third-order valence-electron chi connectivity index (χ3n) is 2.18. The highest BCUT2D eigenvalue weighted by atomic mass is 19.1. The quantitative estimate of drug-likeness (QED) is 0.850. The average Bonchev–Trinajstić information content (AvgIpc) is 2.25. The van der Waals surface area contributed by atoms with Crippen molar-refractivity contribution < 1.29 is 23.5 Å². The predicted molar refractivity (Wildman–Crippen MR) is 59.9 cm³/mol. The maximum absolute atomic E-state index is 13.6. The third-order valence-corrected chi connectivity index (χ3v) is 2.18. The molecular formula is C11H13FN2O4. The van der Waals surface area contributed by atoms with E-state index < -0.39 is 30.2 Å². The summed E-state index contributed by atoms with van der Waals surface area (Å²) in [5.41, 5.74) is 9.79. The number of nitrogens with two attached hydrogens (primary N) is 2. The Bertz CT molecular complexity index is 452. The van der Waals surface area contributed by atoms with Gasteiger partial charge in [0.05, 0.1) is 0 Å². The fourth-order valence-electron chi connectivity index (χ4n) is 1.49. The topological polar surface area (TPSA) is 105 Å². The van der Waals surface area contributed by atoms with Gasteiger partial charge in [-0.1, -0.05) is 18.2 Å². The number of halogens is 1. The maximum atomic E-state index is 13.6. The molecule has 1 aromatic rings. The fraction of sp³-hybridized carbons (Fsp3) is 0.273. The molecule has 0 radical (unpaired) electrons. The number of ether oxygens (including phenoxy) is 2. The summed E-state index contributed by atoms with van der Waals surface area (Å²) >= 11 is 0. The normalized spacial score (nSPS) is 13.4. The van der Waals surface area contributed by atoms with Crippen LogP contribution in [-0.2, 0) is 9.47 Å². The standard InChI is InChI=1S/C11H13FN2O4/c1-6(17-10(13)15)9(18-11(14)16)7-4-2-3-5-8(7)12/h2-6,9H,1H3,(H2,13,15)(H2,14,16). The van der Waals surface area contributed by atoms with Crippen molar-refractivity contribution in [3.05, 3.63) is 35.6 Å². The van der Waals surface area contributed by atoms with Crippen LogP contribution in [0.3, 0.4) is 0 Å². The zero-order valence-electron chi connectivity index (χ0n) is 9.63. The molecule has 0 saturated heterocycles. The monoisotopic (exact) mass is 256 g/mol. The lowest BCUT2D eigenvalue weighted by Gasteiger charge is -2.23. The van der Waals surface area contributed by atoms with Crippen molar-refractivity contribution in [1.82, 2.24) is 0 Å². The van der Waals surface area contributed by atoms with Gasteiger partial charge in [0.2, 0.25) is 0 Å². The Morgan fingerprint density at radius 1 is 1.17 bits per heavy atom. The molecule has 0 aromatic heterocycles. The Morgan fingerprint density at radius 2 is 1.72 bits per heavy atom. The van der Waals surface area contributed by atoms with Crippen LogP contribution in [0.15, 0.2) is 24.3 Å². The maximum Gasteiger partial charge on any atom is 0.405 e. The molecule has 0 saturated carbocycles. The zero-order valence-corrected chi connectivity index (χ0v) is 9.63. The van der Waals surface area contributed by atoms with Gasteiger partial charge in [-0.3, -0.25) is 0 Å². The summed E-state index contributed by atoms with van der Waals surface area (Å²) in [4.78, 5) is 21.4. The van der Waals surface area contributed by atoms with E-state index >= 15 is 0 Å². The number of primary amides is 2. The lowest BCUT2D eigenvalue weighted by molar-refractivity contribution is 0.00254. The second kappa shape index (κ2) is 5.85. The van der Waals surface area contributed by atoms with Crippen LogP contribution in [0.25, 0.3) is 0 Å². The number of carbonyl (C=O) groups is 2. The minimum absolute atomic E-state index is 0.0463. The summed E-state index contributed by atoms with van der Waals surface area (Å²) in [6, 6.07) is 5.60. The summed E-state index contributed by atoms with van der Waals surface area (Å²) in [5.74, 6) is -0.608. The van der Waals surface area contributed by atoms with E-state index in [1.54, 1.807) is 6.07 Å². The molecule has 7 heteroatoms. The molecule has 4 N–H and O–H groups in total. The highest BCUT2D eigenvalue weighted by Gasteiger charge is 2.27. The number of amides is 2. The molecule has 6 nitrogen and oxygen atoms in total. The molecule has 0 bridgehead atoms. The van der Waals surface area contributed by atoms with Crippen molar-refractivity contribution in [2.24, 2.45) is 11.5 Å². The van der Waals surface area contributed by atoms with Crippen LogP contribution in [0.4, 0.5) is 14.0 Å². The first-order chi connectivity index (χ1) is 8.41. The molecular weight excluding hydrogens is 243 g/mol.